The lowest BCUT2D eigenvalue weighted by Gasteiger charge is -2.11. The van der Waals surface area contributed by atoms with Crippen LogP contribution in [0.15, 0.2) is 38.9 Å². The van der Waals surface area contributed by atoms with Gasteiger partial charge in [-0.05, 0) is 37.6 Å². The van der Waals surface area contributed by atoms with Gasteiger partial charge in [0, 0.05) is 21.7 Å². The summed E-state index contributed by atoms with van der Waals surface area (Å²) >= 11 is 3.25. The molecule has 0 aliphatic rings. The van der Waals surface area contributed by atoms with Crippen molar-refractivity contribution in [3.05, 3.63) is 35.3 Å². The van der Waals surface area contributed by atoms with Crippen molar-refractivity contribution in [2.45, 2.75) is 42.0 Å². The SMILES string of the molecule is CCCC(N)C(=O)Nc1ccc(Sc2nc(C)cs2)cc1. The highest BCUT2D eigenvalue weighted by atomic mass is 32.2. The van der Waals surface area contributed by atoms with Crippen LogP contribution < -0.4 is 11.1 Å². The lowest BCUT2D eigenvalue weighted by atomic mass is 10.1. The molecular formula is C15H19N3OS2. The van der Waals surface area contributed by atoms with Crippen LogP contribution in [-0.2, 0) is 4.79 Å². The van der Waals surface area contributed by atoms with Gasteiger partial charge < -0.3 is 11.1 Å². The second-order valence-electron chi connectivity index (χ2n) is 4.77. The van der Waals surface area contributed by atoms with Crippen molar-refractivity contribution in [1.82, 2.24) is 4.98 Å². The summed E-state index contributed by atoms with van der Waals surface area (Å²) in [6.07, 6.45) is 1.60. The second kappa shape index (κ2) is 7.59. The molecular weight excluding hydrogens is 302 g/mol. The normalized spacial score (nSPS) is 12.1. The van der Waals surface area contributed by atoms with E-state index in [1.807, 2.05) is 43.5 Å². The van der Waals surface area contributed by atoms with E-state index < -0.39 is 6.04 Å². The molecule has 112 valence electrons. The highest BCUT2D eigenvalue weighted by Crippen LogP contribution is 2.30. The summed E-state index contributed by atoms with van der Waals surface area (Å²) < 4.78 is 1.02. The Labute approximate surface area is 133 Å². The average Bonchev–Trinajstić information content (AvgIpc) is 2.86. The number of aromatic nitrogens is 1. The first kappa shape index (κ1) is 16.0. The summed E-state index contributed by atoms with van der Waals surface area (Å²) in [5.41, 5.74) is 7.59. The number of carbonyl (C=O) groups excluding carboxylic acids is 1. The molecule has 1 atom stereocenters. The van der Waals surface area contributed by atoms with Gasteiger partial charge in [-0.1, -0.05) is 25.1 Å². The maximum atomic E-state index is 11.8. The molecule has 1 heterocycles. The summed E-state index contributed by atoms with van der Waals surface area (Å²) in [5.74, 6) is -0.132. The molecule has 21 heavy (non-hydrogen) atoms. The van der Waals surface area contributed by atoms with Crippen molar-refractivity contribution in [2.75, 3.05) is 5.32 Å². The van der Waals surface area contributed by atoms with Crippen LogP contribution in [0.25, 0.3) is 0 Å². The summed E-state index contributed by atoms with van der Waals surface area (Å²) in [7, 11) is 0. The van der Waals surface area contributed by atoms with Crippen LogP contribution in [-0.4, -0.2) is 16.9 Å². The van der Waals surface area contributed by atoms with E-state index >= 15 is 0 Å². The molecule has 0 radical (unpaired) electrons. The van der Waals surface area contributed by atoms with E-state index in [1.165, 1.54) is 0 Å². The zero-order valence-electron chi connectivity index (χ0n) is 12.1. The number of benzene rings is 1. The Kier molecular flexibility index (Phi) is 5.78. The first-order chi connectivity index (χ1) is 10.1. The van der Waals surface area contributed by atoms with Crippen molar-refractivity contribution in [2.24, 2.45) is 5.73 Å². The van der Waals surface area contributed by atoms with E-state index in [1.54, 1.807) is 23.1 Å². The van der Waals surface area contributed by atoms with E-state index in [9.17, 15) is 4.79 Å². The van der Waals surface area contributed by atoms with Crippen molar-refractivity contribution < 1.29 is 4.79 Å². The number of thiazole rings is 1. The van der Waals surface area contributed by atoms with Crippen LogP contribution in [0.2, 0.25) is 0 Å². The largest absolute Gasteiger partial charge is 0.325 e. The Balaban J connectivity index is 1.94. The van der Waals surface area contributed by atoms with Crippen molar-refractivity contribution in [3.8, 4) is 0 Å². The molecule has 0 bridgehead atoms. The summed E-state index contributed by atoms with van der Waals surface area (Å²) in [6.45, 7) is 4.00. The van der Waals surface area contributed by atoms with Gasteiger partial charge in [-0.25, -0.2) is 4.98 Å². The Morgan fingerprint density at radius 1 is 1.43 bits per heavy atom. The molecule has 2 aromatic rings. The minimum Gasteiger partial charge on any atom is -0.325 e. The van der Waals surface area contributed by atoms with Gasteiger partial charge in [0.25, 0.3) is 0 Å². The molecule has 0 aliphatic heterocycles. The van der Waals surface area contributed by atoms with E-state index in [-0.39, 0.29) is 5.91 Å². The molecule has 0 fully saturated rings. The fraction of sp³-hybridized carbons (Fsp3) is 0.333. The zero-order chi connectivity index (χ0) is 15.2. The van der Waals surface area contributed by atoms with Gasteiger partial charge in [-0.15, -0.1) is 11.3 Å². The number of nitrogens with one attached hydrogen (secondary N) is 1. The quantitative estimate of drug-likeness (QED) is 0.852. The molecule has 0 aliphatic carbocycles. The summed E-state index contributed by atoms with van der Waals surface area (Å²) in [4.78, 5) is 17.3. The lowest BCUT2D eigenvalue weighted by Crippen LogP contribution is -2.35. The molecule has 6 heteroatoms. The molecule has 0 saturated carbocycles. The van der Waals surface area contributed by atoms with Gasteiger partial charge >= 0.3 is 0 Å². The number of hydrogen-bond acceptors (Lipinski definition) is 5. The first-order valence-corrected chi connectivity index (χ1v) is 8.54. The van der Waals surface area contributed by atoms with E-state index in [0.717, 1.165) is 27.0 Å². The van der Waals surface area contributed by atoms with Gasteiger partial charge in [0.1, 0.15) is 0 Å². The lowest BCUT2D eigenvalue weighted by molar-refractivity contribution is -0.117. The van der Waals surface area contributed by atoms with E-state index in [0.29, 0.717) is 6.42 Å². The van der Waals surface area contributed by atoms with E-state index in [4.69, 9.17) is 5.73 Å². The predicted molar refractivity (Wildman–Crippen MR) is 88.9 cm³/mol. The number of hydrogen-bond donors (Lipinski definition) is 2. The third-order valence-corrected chi connectivity index (χ3v) is 4.93. The molecule has 0 saturated heterocycles. The number of carbonyl (C=O) groups is 1. The zero-order valence-corrected chi connectivity index (χ0v) is 13.8. The fourth-order valence-electron chi connectivity index (χ4n) is 1.76. The number of aryl methyl sites for hydroxylation is 1. The van der Waals surface area contributed by atoms with Gasteiger partial charge in [-0.2, -0.15) is 0 Å². The average molecular weight is 321 g/mol. The Hall–Kier alpha value is -1.37. The number of rotatable bonds is 6. The molecule has 4 nitrogen and oxygen atoms in total. The number of anilines is 1. The Bertz CT molecular complexity index is 595. The highest BCUT2D eigenvalue weighted by Gasteiger charge is 2.12. The van der Waals surface area contributed by atoms with Crippen molar-refractivity contribution >= 4 is 34.7 Å². The van der Waals surface area contributed by atoms with Crippen LogP contribution in [0.3, 0.4) is 0 Å². The molecule has 1 amide bonds. The third kappa shape index (κ3) is 4.84. The number of nitrogens with two attached hydrogens (primary N) is 1. The third-order valence-electron chi connectivity index (χ3n) is 2.86. The minimum atomic E-state index is -0.442. The van der Waals surface area contributed by atoms with Gasteiger partial charge in [0.2, 0.25) is 5.91 Å². The molecule has 0 spiro atoms. The standard InChI is InChI=1S/C15H19N3OS2/c1-3-4-13(16)14(19)18-11-5-7-12(8-6-11)21-15-17-10(2)9-20-15/h5-9,13H,3-4,16H2,1-2H3,(H,18,19). The van der Waals surface area contributed by atoms with Gasteiger partial charge in [0.15, 0.2) is 4.34 Å². The van der Waals surface area contributed by atoms with Crippen LogP contribution in [0.4, 0.5) is 5.69 Å². The molecule has 1 unspecified atom stereocenters. The Morgan fingerprint density at radius 3 is 2.71 bits per heavy atom. The maximum absolute atomic E-state index is 11.8. The monoisotopic (exact) mass is 321 g/mol. The van der Waals surface area contributed by atoms with Gasteiger partial charge in [0.05, 0.1) is 6.04 Å². The molecule has 1 aromatic heterocycles. The van der Waals surface area contributed by atoms with Gasteiger partial charge in [-0.3, -0.25) is 4.79 Å². The number of amides is 1. The molecule has 3 N–H and O–H groups in total. The van der Waals surface area contributed by atoms with E-state index in [2.05, 4.69) is 10.3 Å². The minimum absolute atomic E-state index is 0.132. The predicted octanol–water partition coefficient (Wildman–Crippen LogP) is 3.67. The maximum Gasteiger partial charge on any atom is 0.241 e. The Morgan fingerprint density at radius 2 is 2.14 bits per heavy atom. The topological polar surface area (TPSA) is 68.0 Å². The van der Waals surface area contributed by atoms with Crippen LogP contribution in [0.1, 0.15) is 25.5 Å². The smallest absolute Gasteiger partial charge is 0.241 e. The van der Waals surface area contributed by atoms with Crippen molar-refractivity contribution in [3.63, 3.8) is 0 Å². The number of nitrogens with zero attached hydrogens (tertiary/aromatic N) is 1. The first-order valence-electron chi connectivity index (χ1n) is 6.85. The summed E-state index contributed by atoms with van der Waals surface area (Å²) in [6, 6.07) is 7.28. The van der Waals surface area contributed by atoms with Crippen molar-refractivity contribution in [1.29, 1.82) is 0 Å². The highest BCUT2D eigenvalue weighted by molar-refractivity contribution is 8.01. The summed E-state index contributed by atoms with van der Waals surface area (Å²) in [5, 5.41) is 4.87. The molecule has 2 rings (SSSR count). The van der Waals surface area contributed by atoms with Crippen LogP contribution in [0.5, 0.6) is 0 Å². The molecule has 1 aromatic carbocycles. The second-order valence-corrected chi connectivity index (χ2v) is 6.94. The fourth-order valence-corrected chi connectivity index (χ4v) is 3.57. The van der Waals surface area contributed by atoms with Crippen LogP contribution in [0, 0.1) is 6.92 Å². The van der Waals surface area contributed by atoms with Crippen LogP contribution >= 0.6 is 23.1 Å².